The van der Waals surface area contributed by atoms with Crippen LogP contribution >= 0.6 is 11.6 Å². The van der Waals surface area contributed by atoms with E-state index < -0.39 is 0 Å². The summed E-state index contributed by atoms with van der Waals surface area (Å²) in [6.45, 7) is 8.20. The first kappa shape index (κ1) is 20.4. The molecule has 2 fully saturated rings. The lowest BCUT2D eigenvalue weighted by Gasteiger charge is -2.35. The van der Waals surface area contributed by atoms with E-state index in [2.05, 4.69) is 22.0 Å². The van der Waals surface area contributed by atoms with E-state index in [0.717, 1.165) is 49.9 Å². The number of hydrogen-bond donors (Lipinski definition) is 1. The number of piperazine rings is 1. The molecule has 2 aliphatic rings. The summed E-state index contributed by atoms with van der Waals surface area (Å²) in [7, 11) is 0. The molecule has 1 aliphatic carbocycles. The van der Waals surface area contributed by atoms with Crippen molar-refractivity contribution in [2.45, 2.75) is 38.6 Å². The number of carbonyl (C=O) groups is 1. The molecule has 150 valence electrons. The Hall–Kier alpha value is -1.30. The summed E-state index contributed by atoms with van der Waals surface area (Å²) < 4.78 is 5.77. The largest absolute Gasteiger partial charge is 0.492 e. The molecule has 5 nitrogen and oxygen atoms in total. The molecule has 1 N–H and O–H groups in total. The number of halogens is 1. The van der Waals surface area contributed by atoms with Gasteiger partial charge in [0.15, 0.2) is 0 Å². The first-order valence-electron chi connectivity index (χ1n) is 10.2. The molecule has 1 aromatic carbocycles. The predicted octanol–water partition coefficient (Wildman–Crippen LogP) is 3.03. The Bertz CT molecular complexity index is 588. The highest BCUT2D eigenvalue weighted by Crippen LogP contribution is 2.23. The Morgan fingerprint density at radius 2 is 1.78 bits per heavy atom. The van der Waals surface area contributed by atoms with E-state index in [9.17, 15) is 4.79 Å². The van der Waals surface area contributed by atoms with Gasteiger partial charge in [-0.15, -0.1) is 0 Å². The smallest absolute Gasteiger partial charge is 0.234 e. The van der Waals surface area contributed by atoms with E-state index in [1.807, 2.05) is 24.3 Å². The van der Waals surface area contributed by atoms with Gasteiger partial charge in [-0.3, -0.25) is 14.6 Å². The average molecular weight is 394 g/mol. The van der Waals surface area contributed by atoms with E-state index >= 15 is 0 Å². The number of amides is 1. The summed E-state index contributed by atoms with van der Waals surface area (Å²) >= 11 is 5.88. The predicted molar refractivity (Wildman–Crippen MR) is 109 cm³/mol. The maximum atomic E-state index is 12.4. The van der Waals surface area contributed by atoms with Crippen LogP contribution in [-0.4, -0.2) is 67.6 Å². The molecule has 1 heterocycles. The lowest BCUT2D eigenvalue weighted by molar-refractivity contribution is -0.124. The highest BCUT2D eigenvalue weighted by molar-refractivity contribution is 6.30. The second-order valence-corrected chi connectivity index (χ2v) is 8.29. The lowest BCUT2D eigenvalue weighted by Crippen LogP contribution is -2.51. The van der Waals surface area contributed by atoms with Gasteiger partial charge in [0.25, 0.3) is 0 Å². The Balaban J connectivity index is 1.30. The second kappa shape index (κ2) is 10.3. The van der Waals surface area contributed by atoms with E-state index in [-0.39, 0.29) is 5.91 Å². The molecule has 27 heavy (non-hydrogen) atoms. The molecule has 0 aromatic heterocycles. The van der Waals surface area contributed by atoms with Gasteiger partial charge < -0.3 is 10.1 Å². The summed E-state index contributed by atoms with van der Waals surface area (Å²) in [6.07, 6.45) is 4.92. The van der Waals surface area contributed by atoms with Crippen molar-refractivity contribution in [3.63, 3.8) is 0 Å². The Morgan fingerprint density at radius 3 is 2.48 bits per heavy atom. The highest BCUT2D eigenvalue weighted by atomic mass is 35.5. The van der Waals surface area contributed by atoms with E-state index in [1.54, 1.807) is 0 Å². The molecule has 1 aliphatic heterocycles. The molecule has 1 saturated heterocycles. The molecule has 1 saturated carbocycles. The van der Waals surface area contributed by atoms with Crippen LogP contribution < -0.4 is 10.1 Å². The fourth-order valence-corrected chi connectivity index (χ4v) is 4.11. The van der Waals surface area contributed by atoms with Crippen molar-refractivity contribution in [2.24, 2.45) is 5.92 Å². The maximum absolute atomic E-state index is 12.4. The molecule has 1 amide bonds. The Kier molecular flexibility index (Phi) is 7.80. The molecule has 6 heteroatoms. The van der Waals surface area contributed by atoms with Gasteiger partial charge in [0.05, 0.1) is 6.54 Å². The summed E-state index contributed by atoms with van der Waals surface area (Å²) in [5, 5.41) is 3.98. The van der Waals surface area contributed by atoms with Crippen LogP contribution in [0.15, 0.2) is 24.3 Å². The summed E-state index contributed by atoms with van der Waals surface area (Å²) in [6, 6.07) is 7.85. The number of rotatable bonds is 7. The normalized spacial score (nSPS) is 24.5. The van der Waals surface area contributed by atoms with Crippen molar-refractivity contribution in [2.75, 3.05) is 45.9 Å². The van der Waals surface area contributed by atoms with Crippen LogP contribution in [-0.2, 0) is 4.79 Å². The number of ether oxygens (including phenoxy) is 1. The Morgan fingerprint density at radius 1 is 1.11 bits per heavy atom. The van der Waals surface area contributed by atoms with Crippen molar-refractivity contribution >= 4 is 17.5 Å². The Labute approximate surface area is 168 Å². The average Bonchev–Trinajstić information content (AvgIpc) is 2.67. The lowest BCUT2D eigenvalue weighted by atomic mass is 9.86. The summed E-state index contributed by atoms with van der Waals surface area (Å²) in [4.78, 5) is 17.0. The highest BCUT2D eigenvalue weighted by Gasteiger charge is 2.24. The molecule has 0 bridgehead atoms. The van der Waals surface area contributed by atoms with Crippen molar-refractivity contribution in [1.29, 1.82) is 0 Å². The van der Waals surface area contributed by atoms with Gasteiger partial charge in [0.2, 0.25) is 5.91 Å². The molecule has 0 unspecified atom stereocenters. The van der Waals surface area contributed by atoms with Crippen molar-refractivity contribution in [1.82, 2.24) is 15.1 Å². The number of nitrogens with one attached hydrogen (secondary N) is 1. The first-order chi connectivity index (χ1) is 13.1. The summed E-state index contributed by atoms with van der Waals surface area (Å²) in [5.74, 6) is 1.65. The number of benzene rings is 1. The monoisotopic (exact) mass is 393 g/mol. The van der Waals surface area contributed by atoms with Crippen LogP contribution in [0, 0.1) is 5.92 Å². The van der Waals surface area contributed by atoms with E-state index in [4.69, 9.17) is 16.3 Å². The molecular weight excluding hydrogens is 362 g/mol. The number of carbonyl (C=O) groups excluding carboxylic acids is 1. The van der Waals surface area contributed by atoms with Crippen LogP contribution in [0.2, 0.25) is 5.02 Å². The standard InChI is InChI=1S/C21H32ClN3O2/c1-17-4-2-3-5-20(17)23-21(26)16-25-12-10-24(11-13-25)14-15-27-19-8-6-18(22)7-9-19/h6-9,17,20H,2-5,10-16H2,1H3,(H,23,26)/t17-,20+/m1/s1. The van der Waals surface area contributed by atoms with Gasteiger partial charge in [-0.2, -0.15) is 0 Å². The molecule has 2 atom stereocenters. The third-order valence-electron chi connectivity index (χ3n) is 5.78. The van der Waals surface area contributed by atoms with Gasteiger partial charge in [0.1, 0.15) is 12.4 Å². The topological polar surface area (TPSA) is 44.8 Å². The zero-order chi connectivity index (χ0) is 19.1. The van der Waals surface area contributed by atoms with Crippen LogP contribution in [0.3, 0.4) is 0 Å². The third-order valence-corrected chi connectivity index (χ3v) is 6.03. The SMILES string of the molecule is C[C@@H]1CCCC[C@@H]1NC(=O)CN1CCN(CCOc2ccc(Cl)cc2)CC1. The minimum atomic E-state index is 0.188. The van der Waals surface area contributed by atoms with Gasteiger partial charge >= 0.3 is 0 Å². The maximum Gasteiger partial charge on any atom is 0.234 e. The fourth-order valence-electron chi connectivity index (χ4n) is 3.98. The number of hydrogen-bond acceptors (Lipinski definition) is 4. The quantitative estimate of drug-likeness (QED) is 0.773. The summed E-state index contributed by atoms with van der Waals surface area (Å²) in [5.41, 5.74) is 0. The van der Waals surface area contributed by atoms with Crippen LogP contribution in [0.4, 0.5) is 0 Å². The van der Waals surface area contributed by atoms with Crippen LogP contribution in [0.5, 0.6) is 5.75 Å². The minimum absolute atomic E-state index is 0.188. The van der Waals surface area contributed by atoms with E-state index in [1.165, 1.54) is 19.3 Å². The molecular formula is C21H32ClN3O2. The van der Waals surface area contributed by atoms with Crippen molar-refractivity contribution in [3.8, 4) is 5.75 Å². The molecule has 3 rings (SSSR count). The van der Waals surface area contributed by atoms with Gasteiger partial charge in [0, 0.05) is 43.8 Å². The first-order valence-corrected chi connectivity index (χ1v) is 10.6. The molecule has 0 spiro atoms. The third kappa shape index (κ3) is 6.66. The molecule has 0 radical (unpaired) electrons. The number of nitrogens with zero attached hydrogens (tertiary/aromatic N) is 2. The van der Waals surface area contributed by atoms with E-state index in [0.29, 0.717) is 25.1 Å². The zero-order valence-corrected chi connectivity index (χ0v) is 17.1. The van der Waals surface area contributed by atoms with Crippen molar-refractivity contribution in [3.05, 3.63) is 29.3 Å². The molecule has 1 aromatic rings. The van der Waals surface area contributed by atoms with Crippen LogP contribution in [0.25, 0.3) is 0 Å². The van der Waals surface area contributed by atoms with Crippen LogP contribution in [0.1, 0.15) is 32.6 Å². The second-order valence-electron chi connectivity index (χ2n) is 7.86. The van der Waals surface area contributed by atoms with Gasteiger partial charge in [-0.25, -0.2) is 0 Å². The minimum Gasteiger partial charge on any atom is -0.492 e. The fraction of sp³-hybridized carbons (Fsp3) is 0.667. The zero-order valence-electron chi connectivity index (χ0n) is 16.3. The van der Waals surface area contributed by atoms with Crippen molar-refractivity contribution < 1.29 is 9.53 Å². The van der Waals surface area contributed by atoms with Gasteiger partial charge in [-0.1, -0.05) is 31.4 Å². The van der Waals surface area contributed by atoms with Gasteiger partial charge in [-0.05, 0) is 43.0 Å².